The molecule has 2 aliphatic rings. The zero-order valence-corrected chi connectivity index (χ0v) is 16.8. The van der Waals surface area contributed by atoms with Crippen molar-refractivity contribution in [3.63, 3.8) is 0 Å². The molecule has 2 aliphatic heterocycles. The molecule has 1 aromatic carbocycles. The lowest BCUT2D eigenvalue weighted by Gasteiger charge is -2.28. The molecule has 9 heteroatoms. The van der Waals surface area contributed by atoms with Gasteiger partial charge >= 0.3 is 5.97 Å². The number of amides is 1. The second kappa shape index (κ2) is 7.63. The van der Waals surface area contributed by atoms with E-state index in [9.17, 15) is 18.0 Å². The number of fused-ring (bicyclic) bond motifs is 1. The third kappa shape index (κ3) is 4.35. The van der Waals surface area contributed by atoms with Crippen LogP contribution in [0.25, 0.3) is 0 Å². The predicted molar refractivity (Wildman–Crippen MR) is 106 cm³/mol. The molecule has 1 N–H and O–H groups in total. The van der Waals surface area contributed by atoms with E-state index in [1.54, 1.807) is 0 Å². The summed E-state index contributed by atoms with van der Waals surface area (Å²) in [4.78, 5) is 28.8. The number of carbonyl (C=O) groups is 2. The Hall–Kier alpha value is -1.87. The Morgan fingerprint density at radius 1 is 1.26 bits per heavy atom. The number of hydrogen-bond acceptors (Lipinski definition) is 5. The molecule has 2 heterocycles. The SMILES string of the molecule is CC(C)c1ccccc1N1C(=NC(=O)CCC(=O)O)S[C@H]2CS(=O)(=O)C[C@@H]21. The van der Waals surface area contributed by atoms with Gasteiger partial charge in [0.2, 0.25) is 5.91 Å². The third-order valence-corrected chi connectivity index (χ3v) is 7.87. The topological polar surface area (TPSA) is 104 Å². The number of rotatable bonds is 5. The van der Waals surface area contributed by atoms with E-state index in [1.807, 2.05) is 29.2 Å². The van der Waals surface area contributed by atoms with Crippen LogP contribution >= 0.6 is 11.8 Å². The van der Waals surface area contributed by atoms with Gasteiger partial charge in [-0.1, -0.05) is 43.8 Å². The molecule has 2 saturated heterocycles. The number of amidine groups is 1. The van der Waals surface area contributed by atoms with Crippen LogP contribution in [0, 0.1) is 0 Å². The molecule has 0 spiro atoms. The molecule has 0 aliphatic carbocycles. The van der Waals surface area contributed by atoms with Gasteiger partial charge in [0.15, 0.2) is 15.0 Å². The van der Waals surface area contributed by atoms with E-state index >= 15 is 0 Å². The summed E-state index contributed by atoms with van der Waals surface area (Å²) in [6, 6.07) is 7.45. The number of anilines is 1. The van der Waals surface area contributed by atoms with Crippen LogP contribution in [0.3, 0.4) is 0 Å². The molecule has 3 rings (SSSR count). The van der Waals surface area contributed by atoms with Crippen molar-refractivity contribution in [2.24, 2.45) is 4.99 Å². The summed E-state index contributed by atoms with van der Waals surface area (Å²) in [5.74, 6) is -1.25. The van der Waals surface area contributed by atoms with Crippen molar-refractivity contribution in [1.29, 1.82) is 0 Å². The fourth-order valence-electron chi connectivity index (χ4n) is 3.42. The Labute approximate surface area is 162 Å². The van der Waals surface area contributed by atoms with E-state index in [-0.39, 0.29) is 41.6 Å². The van der Waals surface area contributed by atoms with Crippen LogP contribution in [0.15, 0.2) is 29.3 Å². The van der Waals surface area contributed by atoms with Crippen LogP contribution in [0.1, 0.15) is 38.2 Å². The first-order valence-electron chi connectivity index (χ1n) is 8.76. The van der Waals surface area contributed by atoms with Gasteiger partial charge in [-0.2, -0.15) is 4.99 Å². The molecule has 0 saturated carbocycles. The minimum atomic E-state index is -3.13. The van der Waals surface area contributed by atoms with Crippen LogP contribution in [0.4, 0.5) is 5.69 Å². The molecule has 0 unspecified atom stereocenters. The van der Waals surface area contributed by atoms with Gasteiger partial charge in [-0.25, -0.2) is 8.42 Å². The Kier molecular flexibility index (Phi) is 5.62. The van der Waals surface area contributed by atoms with E-state index in [1.165, 1.54) is 11.8 Å². The summed E-state index contributed by atoms with van der Waals surface area (Å²) in [6.45, 7) is 4.11. The molecular formula is C18H22N2O5S2. The molecule has 0 aromatic heterocycles. The standard InChI is InChI=1S/C18H22N2O5S2/c1-11(2)12-5-3-4-6-13(12)20-14-9-27(24,25)10-15(14)26-18(20)19-16(21)7-8-17(22)23/h3-6,11,14-15H,7-10H2,1-2H3,(H,22,23)/t14-,15-/m0/s1. The number of thioether (sulfide) groups is 1. The molecule has 146 valence electrons. The molecule has 1 amide bonds. The van der Waals surface area contributed by atoms with Gasteiger partial charge in [0, 0.05) is 17.4 Å². The van der Waals surface area contributed by atoms with Crippen molar-refractivity contribution in [2.75, 3.05) is 16.4 Å². The molecule has 1 aromatic rings. The van der Waals surface area contributed by atoms with Gasteiger partial charge in [-0.15, -0.1) is 0 Å². The average molecular weight is 411 g/mol. The number of hydrogen-bond donors (Lipinski definition) is 1. The summed E-state index contributed by atoms with van der Waals surface area (Å²) in [5, 5.41) is 9.04. The van der Waals surface area contributed by atoms with E-state index < -0.39 is 21.7 Å². The van der Waals surface area contributed by atoms with Gasteiger partial charge in [0.1, 0.15) is 0 Å². The maximum Gasteiger partial charge on any atom is 0.303 e. The van der Waals surface area contributed by atoms with E-state index in [4.69, 9.17) is 5.11 Å². The minimum Gasteiger partial charge on any atom is -0.481 e. The van der Waals surface area contributed by atoms with Gasteiger partial charge in [0.25, 0.3) is 0 Å². The molecule has 7 nitrogen and oxygen atoms in total. The highest BCUT2D eigenvalue weighted by atomic mass is 32.2. The van der Waals surface area contributed by atoms with Crippen LogP contribution in [0.2, 0.25) is 0 Å². The quantitative estimate of drug-likeness (QED) is 0.794. The van der Waals surface area contributed by atoms with Crippen LogP contribution < -0.4 is 4.90 Å². The largest absolute Gasteiger partial charge is 0.481 e. The van der Waals surface area contributed by atoms with Crippen LogP contribution in [0.5, 0.6) is 0 Å². The van der Waals surface area contributed by atoms with Crippen LogP contribution in [-0.4, -0.2) is 53.4 Å². The lowest BCUT2D eigenvalue weighted by Crippen LogP contribution is -2.38. The third-order valence-electron chi connectivity index (χ3n) is 4.66. The van der Waals surface area contributed by atoms with E-state index in [0.29, 0.717) is 5.17 Å². The first kappa shape index (κ1) is 19.9. The zero-order valence-electron chi connectivity index (χ0n) is 15.2. The normalized spacial score (nSPS) is 25.1. The number of benzene rings is 1. The predicted octanol–water partition coefficient (Wildman–Crippen LogP) is 2.28. The number of carboxylic acids is 1. The number of aliphatic carboxylic acids is 1. The second-order valence-electron chi connectivity index (χ2n) is 7.07. The van der Waals surface area contributed by atoms with Gasteiger partial charge < -0.3 is 10.0 Å². The van der Waals surface area contributed by atoms with E-state index in [2.05, 4.69) is 18.8 Å². The summed E-state index contributed by atoms with van der Waals surface area (Å²) >= 11 is 1.30. The number of nitrogens with zero attached hydrogens (tertiary/aromatic N) is 2. The highest BCUT2D eigenvalue weighted by molar-refractivity contribution is 8.16. The van der Waals surface area contributed by atoms with Crippen molar-refractivity contribution >= 4 is 44.3 Å². The van der Waals surface area contributed by atoms with Crippen molar-refractivity contribution in [3.05, 3.63) is 29.8 Å². The zero-order chi connectivity index (χ0) is 19.8. The van der Waals surface area contributed by atoms with Crippen molar-refractivity contribution in [1.82, 2.24) is 0 Å². The van der Waals surface area contributed by atoms with Crippen molar-refractivity contribution < 1.29 is 23.1 Å². The summed E-state index contributed by atoms with van der Waals surface area (Å²) in [7, 11) is -3.13. The lowest BCUT2D eigenvalue weighted by molar-refractivity contribution is -0.138. The number of para-hydroxylation sites is 1. The monoisotopic (exact) mass is 410 g/mol. The maximum absolute atomic E-state index is 12.1. The molecule has 2 atom stereocenters. The molecule has 0 radical (unpaired) electrons. The minimum absolute atomic E-state index is 0.0272. The molecule has 27 heavy (non-hydrogen) atoms. The average Bonchev–Trinajstić information content (AvgIpc) is 3.03. The number of aliphatic imine (C=N–C) groups is 1. The summed E-state index contributed by atoms with van der Waals surface area (Å²) in [5.41, 5.74) is 1.91. The summed E-state index contributed by atoms with van der Waals surface area (Å²) in [6.07, 6.45) is -0.448. The Balaban J connectivity index is 1.99. The van der Waals surface area contributed by atoms with Crippen molar-refractivity contribution in [3.8, 4) is 0 Å². The first-order chi connectivity index (χ1) is 12.7. The van der Waals surface area contributed by atoms with E-state index in [0.717, 1.165) is 11.3 Å². The van der Waals surface area contributed by atoms with Gasteiger partial charge in [-0.05, 0) is 17.5 Å². The molecular weight excluding hydrogens is 388 g/mol. The number of sulfone groups is 1. The second-order valence-corrected chi connectivity index (χ2v) is 10.4. The molecule has 2 fully saturated rings. The Morgan fingerprint density at radius 3 is 2.63 bits per heavy atom. The molecule has 0 bridgehead atoms. The van der Waals surface area contributed by atoms with Gasteiger partial charge in [0.05, 0.1) is 24.0 Å². The smallest absolute Gasteiger partial charge is 0.303 e. The number of carbonyl (C=O) groups excluding carboxylic acids is 1. The fourth-order valence-corrected chi connectivity index (χ4v) is 7.34. The highest BCUT2D eigenvalue weighted by Gasteiger charge is 2.49. The lowest BCUT2D eigenvalue weighted by atomic mass is 9.99. The Morgan fingerprint density at radius 2 is 1.96 bits per heavy atom. The highest BCUT2D eigenvalue weighted by Crippen LogP contribution is 2.43. The number of carboxylic acid groups (broad SMARTS) is 1. The first-order valence-corrected chi connectivity index (χ1v) is 11.5. The maximum atomic E-state index is 12.1. The van der Waals surface area contributed by atoms with Crippen molar-refractivity contribution in [2.45, 2.75) is 43.9 Å². The summed E-state index contributed by atoms with van der Waals surface area (Å²) < 4.78 is 24.3. The fraction of sp³-hybridized carbons (Fsp3) is 0.500. The van der Waals surface area contributed by atoms with Gasteiger partial charge in [-0.3, -0.25) is 9.59 Å². The van der Waals surface area contributed by atoms with Crippen LogP contribution in [-0.2, 0) is 19.4 Å². The Bertz CT molecular complexity index is 895.